The number of pyridine rings is 1. The zero-order valence-electron chi connectivity index (χ0n) is 12.8. The number of hydrogen-bond acceptors (Lipinski definition) is 4. The normalized spacial score (nSPS) is 13.0. The predicted octanol–water partition coefficient (Wildman–Crippen LogP) is 2.62. The molecule has 130 valence electrons. The molecule has 0 fully saturated rings. The molecule has 1 rings (SSSR count). The Morgan fingerprint density at radius 3 is 2.65 bits per heavy atom. The summed E-state index contributed by atoms with van der Waals surface area (Å²) < 4.78 is 42.5. The Balaban J connectivity index is 2.43. The molecule has 0 bridgehead atoms. The number of nitrogens with zero attached hydrogens (tertiary/aromatic N) is 1. The number of nitrogens with one attached hydrogen (secondary N) is 1. The van der Waals surface area contributed by atoms with Crippen molar-refractivity contribution in [3.63, 3.8) is 0 Å². The van der Waals surface area contributed by atoms with Crippen molar-refractivity contribution in [1.82, 2.24) is 10.3 Å². The molecule has 0 aliphatic rings. The smallest absolute Gasteiger partial charge is 0.417 e. The molecular formula is C14H19ClF3N3O2. The molecule has 1 aromatic heterocycles. The Morgan fingerprint density at radius 2 is 2.13 bits per heavy atom. The number of aromatic nitrogens is 1. The van der Waals surface area contributed by atoms with Crippen LogP contribution in [0.25, 0.3) is 0 Å². The third-order valence-corrected chi connectivity index (χ3v) is 3.11. The van der Waals surface area contributed by atoms with Gasteiger partial charge in [0.05, 0.1) is 18.2 Å². The van der Waals surface area contributed by atoms with E-state index in [1.165, 1.54) is 0 Å². The van der Waals surface area contributed by atoms with Crippen molar-refractivity contribution >= 4 is 17.5 Å². The van der Waals surface area contributed by atoms with Gasteiger partial charge >= 0.3 is 6.18 Å². The summed E-state index contributed by atoms with van der Waals surface area (Å²) in [6, 6.07) is 0.129. The van der Waals surface area contributed by atoms with Crippen LogP contribution in [-0.4, -0.2) is 30.1 Å². The minimum atomic E-state index is -4.52. The van der Waals surface area contributed by atoms with E-state index in [1.54, 1.807) is 0 Å². The quantitative estimate of drug-likeness (QED) is 0.739. The van der Waals surface area contributed by atoms with E-state index in [4.69, 9.17) is 22.1 Å². The second kappa shape index (κ2) is 8.35. The van der Waals surface area contributed by atoms with E-state index in [9.17, 15) is 18.0 Å². The van der Waals surface area contributed by atoms with Gasteiger partial charge in [-0.1, -0.05) is 25.4 Å². The number of ether oxygens (including phenoxy) is 1. The van der Waals surface area contributed by atoms with E-state index in [0.29, 0.717) is 18.5 Å². The van der Waals surface area contributed by atoms with Crippen LogP contribution in [0.4, 0.5) is 13.2 Å². The summed E-state index contributed by atoms with van der Waals surface area (Å²) in [5.41, 5.74) is 4.74. The first kappa shape index (κ1) is 19.5. The molecule has 0 saturated heterocycles. The Labute approximate surface area is 137 Å². The van der Waals surface area contributed by atoms with Crippen molar-refractivity contribution in [2.75, 3.05) is 13.2 Å². The number of rotatable bonds is 7. The third kappa shape index (κ3) is 6.62. The van der Waals surface area contributed by atoms with Gasteiger partial charge in [0.25, 0.3) is 0 Å². The zero-order valence-corrected chi connectivity index (χ0v) is 13.5. The van der Waals surface area contributed by atoms with Crippen LogP contribution in [0.15, 0.2) is 12.3 Å². The van der Waals surface area contributed by atoms with E-state index >= 15 is 0 Å². The molecule has 9 heteroatoms. The average molecular weight is 354 g/mol. The second-order valence-corrected chi connectivity index (χ2v) is 5.79. The lowest BCUT2D eigenvalue weighted by molar-refractivity contribution is -0.137. The molecule has 23 heavy (non-hydrogen) atoms. The number of amides is 1. The third-order valence-electron chi connectivity index (χ3n) is 2.84. The summed E-state index contributed by atoms with van der Waals surface area (Å²) in [5, 5.41) is 2.33. The van der Waals surface area contributed by atoms with Gasteiger partial charge in [0.15, 0.2) is 0 Å². The topological polar surface area (TPSA) is 77.2 Å². The Hall–Kier alpha value is -1.54. The van der Waals surface area contributed by atoms with Crippen molar-refractivity contribution in [3.05, 3.63) is 22.8 Å². The molecule has 0 unspecified atom stereocenters. The van der Waals surface area contributed by atoms with E-state index in [1.807, 2.05) is 13.8 Å². The minimum Gasteiger partial charge on any atom is -0.475 e. The highest BCUT2D eigenvalue weighted by molar-refractivity contribution is 6.31. The van der Waals surface area contributed by atoms with Crippen LogP contribution in [0.1, 0.15) is 25.8 Å². The lowest BCUT2D eigenvalue weighted by Gasteiger charge is -2.14. The number of alkyl halides is 3. The maximum absolute atomic E-state index is 12.5. The van der Waals surface area contributed by atoms with E-state index in [0.717, 1.165) is 6.07 Å². The van der Waals surface area contributed by atoms with Crippen LogP contribution in [-0.2, 0) is 11.0 Å². The molecule has 0 spiro atoms. The van der Waals surface area contributed by atoms with Gasteiger partial charge in [-0.25, -0.2) is 4.98 Å². The summed E-state index contributed by atoms with van der Waals surface area (Å²) >= 11 is 5.69. The molecule has 1 aromatic rings. The SMILES string of the molecule is CC(C)C[C@H](N)C(=O)NCCOc1ncc(C(F)(F)F)cc1Cl. The first-order valence-electron chi connectivity index (χ1n) is 7.00. The highest BCUT2D eigenvalue weighted by Gasteiger charge is 2.31. The number of nitrogens with two attached hydrogens (primary N) is 1. The zero-order chi connectivity index (χ0) is 17.6. The molecule has 0 aliphatic carbocycles. The Morgan fingerprint density at radius 1 is 1.48 bits per heavy atom. The number of halogens is 4. The first-order valence-corrected chi connectivity index (χ1v) is 7.38. The van der Waals surface area contributed by atoms with Gasteiger partial charge in [0, 0.05) is 6.20 Å². The highest BCUT2D eigenvalue weighted by Crippen LogP contribution is 2.32. The Kier molecular flexibility index (Phi) is 7.08. The number of carbonyl (C=O) groups is 1. The predicted molar refractivity (Wildman–Crippen MR) is 80.2 cm³/mol. The second-order valence-electron chi connectivity index (χ2n) is 5.38. The van der Waals surface area contributed by atoms with Crippen LogP contribution < -0.4 is 15.8 Å². The van der Waals surface area contributed by atoms with Crippen LogP contribution in [0.3, 0.4) is 0 Å². The lowest BCUT2D eigenvalue weighted by Crippen LogP contribution is -2.42. The summed E-state index contributed by atoms with van der Waals surface area (Å²) in [5.74, 6) is -0.142. The summed E-state index contributed by atoms with van der Waals surface area (Å²) in [6.07, 6.45) is -3.33. The largest absolute Gasteiger partial charge is 0.475 e. The maximum atomic E-state index is 12.5. The van der Waals surface area contributed by atoms with E-state index < -0.39 is 17.8 Å². The van der Waals surface area contributed by atoms with Crippen LogP contribution in [0, 0.1) is 5.92 Å². The number of hydrogen-bond donors (Lipinski definition) is 2. The van der Waals surface area contributed by atoms with Gasteiger partial charge < -0.3 is 15.8 Å². The van der Waals surface area contributed by atoms with Gasteiger partial charge in [-0.05, 0) is 18.4 Å². The van der Waals surface area contributed by atoms with E-state index in [-0.39, 0.29) is 30.0 Å². The van der Waals surface area contributed by atoms with Gasteiger partial charge in [-0.3, -0.25) is 4.79 Å². The van der Waals surface area contributed by atoms with Crippen molar-refractivity contribution in [2.45, 2.75) is 32.5 Å². The number of carbonyl (C=O) groups excluding carboxylic acids is 1. The molecular weight excluding hydrogens is 335 g/mol. The van der Waals surface area contributed by atoms with E-state index in [2.05, 4.69) is 10.3 Å². The monoisotopic (exact) mass is 353 g/mol. The van der Waals surface area contributed by atoms with Gasteiger partial charge in [-0.15, -0.1) is 0 Å². The first-order chi connectivity index (χ1) is 10.6. The van der Waals surface area contributed by atoms with Crippen molar-refractivity contribution < 1.29 is 22.7 Å². The maximum Gasteiger partial charge on any atom is 0.417 e. The summed E-state index contributed by atoms with van der Waals surface area (Å²) in [7, 11) is 0. The van der Waals surface area contributed by atoms with Crippen LogP contribution >= 0.6 is 11.6 Å². The van der Waals surface area contributed by atoms with Gasteiger partial charge in [-0.2, -0.15) is 13.2 Å². The fourth-order valence-corrected chi connectivity index (χ4v) is 1.98. The Bertz CT molecular complexity index is 538. The van der Waals surface area contributed by atoms with Crippen LogP contribution in [0.2, 0.25) is 5.02 Å². The molecule has 1 atom stereocenters. The lowest BCUT2D eigenvalue weighted by atomic mass is 10.0. The molecule has 0 aliphatic heterocycles. The minimum absolute atomic E-state index is 0.0121. The molecule has 1 heterocycles. The van der Waals surface area contributed by atoms with Crippen molar-refractivity contribution in [2.24, 2.45) is 11.7 Å². The van der Waals surface area contributed by atoms with Crippen molar-refractivity contribution in [1.29, 1.82) is 0 Å². The fourth-order valence-electron chi connectivity index (χ4n) is 1.75. The van der Waals surface area contributed by atoms with Crippen LogP contribution in [0.5, 0.6) is 5.88 Å². The average Bonchev–Trinajstić information content (AvgIpc) is 2.42. The fraction of sp³-hybridized carbons (Fsp3) is 0.571. The molecule has 3 N–H and O–H groups in total. The van der Waals surface area contributed by atoms with Crippen molar-refractivity contribution in [3.8, 4) is 5.88 Å². The standard InChI is InChI=1S/C14H19ClF3N3O2/c1-8(2)5-11(19)12(22)20-3-4-23-13-10(15)6-9(7-21-13)14(16,17)18/h6-8,11H,3-5,19H2,1-2H3,(H,20,22)/t11-/m0/s1. The molecule has 0 aromatic carbocycles. The van der Waals surface area contributed by atoms with Gasteiger partial charge in [0.1, 0.15) is 11.6 Å². The molecule has 0 radical (unpaired) electrons. The molecule has 0 saturated carbocycles. The molecule has 1 amide bonds. The summed E-state index contributed by atoms with van der Waals surface area (Å²) in [6.45, 7) is 4.06. The molecule has 5 nitrogen and oxygen atoms in total. The summed E-state index contributed by atoms with van der Waals surface area (Å²) in [4.78, 5) is 15.2. The highest BCUT2D eigenvalue weighted by atomic mass is 35.5. The van der Waals surface area contributed by atoms with Gasteiger partial charge in [0.2, 0.25) is 11.8 Å².